The van der Waals surface area contributed by atoms with E-state index in [1.165, 1.54) is 18.2 Å². The Kier molecular flexibility index (Phi) is 5.83. The zero-order valence-corrected chi connectivity index (χ0v) is 17.0. The molecule has 2 heterocycles. The van der Waals surface area contributed by atoms with Crippen LogP contribution in [-0.2, 0) is 9.84 Å². The first-order valence-corrected chi connectivity index (χ1v) is 10.7. The van der Waals surface area contributed by atoms with Gasteiger partial charge in [-0.05, 0) is 49.7 Å². The van der Waals surface area contributed by atoms with Gasteiger partial charge < -0.3 is 5.32 Å². The van der Waals surface area contributed by atoms with E-state index < -0.39 is 15.7 Å². The predicted molar refractivity (Wildman–Crippen MR) is 109 cm³/mol. The fourth-order valence-electron chi connectivity index (χ4n) is 2.57. The van der Waals surface area contributed by atoms with Crippen molar-refractivity contribution in [2.45, 2.75) is 18.7 Å². The number of carbonyl (C=O) groups is 1. The lowest BCUT2D eigenvalue weighted by Gasteiger charge is -2.10. The highest BCUT2D eigenvalue weighted by molar-refractivity contribution is 7.90. The molecule has 0 saturated carbocycles. The monoisotopic (exact) mass is 412 g/mol. The van der Waals surface area contributed by atoms with Crippen LogP contribution in [0.4, 0.5) is 11.9 Å². The summed E-state index contributed by atoms with van der Waals surface area (Å²) in [6.07, 6.45) is 2.74. The summed E-state index contributed by atoms with van der Waals surface area (Å²) in [6, 6.07) is 9.67. The van der Waals surface area contributed by atoms with Gasteiger partial charge in [0.05, 0.1) is 4.90 Å². The molecule has 29 heavy (non-hydrogen) atoms. The van der Waals surface area contributed by atoms with Crippen LogP contribution in [0.25, 0.3) is 11.5 Å². The third kappa shape index (κ3) is 4.91. The van der Waals surface area contributed by atoms with Crippen LogP contribution in [0.3, 0.4) is 0 Å². The smallest absolute Gasteiger partial charge is 0.258 e. The molecule has 2 N–H and O–H groups in total. The van der Waals surface area contributed by atoms with Crippen LogP contribution in [0.15, 0.2) is 47.5 Å². The maximum absolute atomic E-state index is 12.7. The number of sulfone groups is 1. The topological polar surface area (TPSA) is 127 Å². The molecule has 0 bridgehead atoms. The minimum atomic E-state index is -3.35. The summed E-state index contributed by atoms with van der Waals surface area (Å²) in [5.74, 6) is 0.231. The molecule has 150 valence electrons. The van der Waals surface area contributed by atoms with Crippen molar-refractivity contribution in [2.24, 2.45) is 0 Å². The number of nitrogens with one attached hydrogen (secondary N) is 2. The highest BCUT2D eigenvalue weighted by atomic mass is 32.2. The average molecular weight is 412 g/mol. The Labute approximate surface area is 168 Å². The molecule has 0 aliphatic heterocycles. The van der Waals surface area contributed by atoms with E-state index in [1.807, 2.05) is 13.0 Å². The first kappa shape index (κ1) is 20.3. The van der Waals surface area contributed by atoms with Crippen LogP contribution in [-0.4, -0.2) is 47.1 Å². The Bertz CT molecular complexity index is 1150. The van der Waals surface area contributed by atoms with Crippen LogP contribution >= 0.6 is 0 Å². The summed E-state index contributed by atoms with van der Waals surface area (Å²) >= 11 is 0. The van der Waals surface area contributed by atoms with Gasteiger partial charge in [-0.25, -0.2) is 8.42 Å². The number of nitrogens with zero attached hydrogens (tertiary/aromatic N) is 4. The van der Waals surface area contributed by atoms with Gasteiger partial charge in [0, 0.05) is 24.6 Å². The van der Waals surface area contributed by atoms with Crippen molar-refractivity contribution in [3.63, 3.8) is 0 Å². The average Bonchev–Trinajstić information content (AvgIpc) is 2.68. The summed E-state index contributed by atoms with van der Waals surface area (Å²) in [5.41, 5.74) is 1.39. The molecular formula is C19H20N6O3S. The van der Waals surface area contributed by atoms with E-state index in [9.17, 15) is 13.2 Å². The Morgan fingerprint density at radius 1 is 1.07 bits per heavy atom. The first-order chi connectivity index (χ1) is 13.8. The van der Waals surface area contributed by atoms with Crippen LogP contribution in [0.1, 0.15) is 22.8 Å². The first-order valence-electron chi connectivity index (χ1n) is 8.81. The molecule has 3 aromatic rings. The molecule has 0 aliphatic rings. The van der Waals surface area contributed by atoms with Crippen molar-refractivity contribution < 1.29 is 13.2 Å². The number of anilines is 2. The largest absolute Gasteiger partial charge is 0.354 e. The molecule has 2 aromatic heterocycles. The maximum atomic E-state index is 12.7. The molecule has 0 spiro atoms. The molecule has 0 fully saturated rings. The van der Waals surface area contributed by atoms with E-state index in [2.05, 4.69) is 30.6 Å². The van der Waals surface area contributed by atoms with Crippen LogP contribution < -0.4 is 10.6 Å². The number of aryl methyl sites for hydroxylation is 1. The van der Waals surface area contributed by atoms with Crippen molar-refractivity contribution in [1.82, 2.24) is 19.9 Å². The van der Waals surface area contributed by atoms with Crippen LogP contribution in [0.5, 0.6) is 0 Å². The van der Waals surface area contributed by atoms with Gasteiger partial charge in [0.1, 0.15) is 5.69 Å². The van der Waals surface area contributed by atoms with Gasteiger partial charge in [-0.2, -0.15) is 15.0 Å². The minimum Gasteiger partial charge on any atom is -0.354 e. The number of benzene rings is 1. The van der Waals surface area contributed by atoms with E-state index in [4.69, 9.17) is 0 Å². The third-order valence-corrected chi connectivity index (χ3v) is 5.07. The van der Waals surface area contributed by atoms with E-state index >= 15 is 0 Å². The van der Waals surface area contributed by atoms with Crippen LogP contribution in [0.2, 0.25) is 0 Å². The van der Waals surface area contributed by atoms with Crippen molar-refractivity contribution in [1.29, 1.82) is 0 Å². The normalized spacial score (nSPS) is 11.1. The second kappa shape index (κ2) is 8.31. The standard InChI is InChI=1S/C19H20N6O3S/c1-4-20-18-22-16(15-7-5-6-10-21-15)23-19(25-18)24-17(26)14-9-8-13(11-12(14)2)29(3,27)28/h5-11H,4H2,1-3H3,(H2,20,22,23,24,25,26). The quantitative estimate of drug-likeness (QED) is 0.631. The van der Waals surface area contributed by atoms with Gasteiger partial charge in [0.25, 0.3) is 5.91 Å². The maximum Gasteiger partial charge on any atom is 0.258 e. The zero-order valence-electron chi connectivity index (χ0n) is 16.2. The van der Waals surface area contributed by atoms with E-state index in [0.29, 0.717) is 35.1 Å². The molecule has 3 rings (SSSR count). The third-order valence-electron chi connectivity index (χ3n) is 3.96. The second-order valence-electron chi connectivity index (χ2n) is 6.25. The SMILES string of the molecule is CCNc1nc(NC(=O)c2ccc(S(C)(=O)=O)cc2C)nc(-c2ccccn2)n1. The summed E-state index contributed by atoms with van der Waals surface area (Å²) < 4.78 is 23.4. The molecule has 1 amide bonds. The highest BCUT2D eigenvalue weighted by Gasteiger charge is 2.16. The fraction of sp³-hybridized carbons (Fsp3) is 0.211. The Balaban J connectivity index is 1.93. The summed E-state index contributed by atoms with van der Waals surface area (Å²) in [5, 5.41) is 5.65. The molecule has 0 unspecified atom stereocenters. The summed E-state index contributed by atoms with van der Waals surface area (Å²) in [6.45, 7) is 4.15. The van der Waals surface area contributed by atoms with Crippen molar-refractivity contribution in [2.75, 3.05) is 23.4 Å². The van der Waals surface area contributed by atoms with E-state index in [1.54, 1.807) is 25.3 Å². The van der Waals surface area contributed by atoms with Crippen molar-refractivity contribution in [3.05, 3.63) is 53.7 Å². The van der Waals surface area contributed by atoms with Gasteiger partial charge in [-0.3, -0.25) is 15.1 Å². The van der Waals surface area contributed by atoms with Crippen molar-refractivity contribution >= 4 is 27.6 Å². The van der Waals surface area contributed by atoms with Gasteiger partial charge >= 0.3 is 0 Å². The number of amides is 1. The lowest BCUT2D eigenvalue weighted by molar-refractivity contribution is 0.102. The number of carbonyl (C=O) groups excluding carboxylic acids is 1. The van der Waals surface area contributed by atoms with Crippen LogP contribution in [0, 0.1) is 6.92 Å². The van der Waals surface area contributed by atoms with E-state index in [0.717, 1.165) is 6.26 Å². The predicted octanol–water partition coefficient (Wildman–Crippen LogP) is 2.33. The molecular weight excluding hydrogens is 392 g/mol. The molecule has 1 aromatic carbocycles. The molecule has 0 atom stereocenters. The lowest BCUT2D eigenvalue weighted by atomic mass is 10.1. The molecule has 0 aliphatic carbocycles. The summed E-state index contributed by atoms with van der Waals surface area (Å²) in [7, 11) is -3.35. The number of aromatic nitrogens is 4. The van der Waals surface area contributed by atoms with Gasteiger partial charge in [0.2, 0.25) is 11.9 Å². The summed E-state index contributed by atoms with van der Waals surface area (Å²) in [4.78, 5) is 29.9. The molecule has 0 radical (unpaired) electrons. The van der Waals surface area contributed by atoms with Gasteiger partial charge in [-0.15, -0.1) is 0 Å². The number of pyridine rings is 1. The Morgan fingerprint density at radius 3 is 2.45 bits per heavy atom. The van der Waals surface area contributed by atoms with E-state index in [-0.39, 0.29) is 10.8 Å². The van der Waals surface area contributed by atoms with Gasteiger partial charge in [0.15, 0.2) is 15.7 Å². The highest BCUT2D eigenvalue weighted by Crippen LogP contribution is 2.18. The lowest BCUT2D eigenvalue weighted by Crippen LogP contribution is -2.17. The Hall–Kier alpha value is -3.40. The zero-order chi connectivity index (χ0) is 21.0. The number of hydrogen-bond donors (Lipinski definition) is 2. The second-order valence-corrected chi connectivity index (χ2v) is 8.27. The van der Waals surface area contributed by atoms with Gasteiger partial charge in [-0.1, -0.05) is 6.07 Å². The molecule has 9 nitrogen and oxygen atoms in total. The number of rotatable bonds is 6. The molecule has 0 saturated heterocycles. The Morgan fingerprint density at radius 2 is 1.83 bits per heavy atom. The minimum absolute atomic E-state index is 0.0631. The molecule has 10 heteroatoms. The van der Waals surface area contributed by atoms with Crippen molar-refractivity contribution in [3.8, 4) is 11.5 Å². The number of hydrogen-bond acceptors (Lipinski definition) is 8. The fourth-order valence-corrected chi connectivity index (χ4v) is 3.28.